The van der Waals surface area contributed by atoms with Gasteiger partial charge in [-0.1, -0.05) is 80.1 Å². The molecule has 0 aliphatic carbocycles. The second-order valence-corrected chi connectivity index (χ2v) is 14.0. The topological polar surface area (TPSA) is 193 Å². The maximum absolute atomic E-state index is 10.7. The minimum atomic E-state index is -4.72. The predicted molar refractivity (Wildman–Crippen MR) is 196 cm³/mol. The van der Waals surface area contributed by atoms with Crippen molar-refractivity contribution in [1.29, 1.82) is 0 Å². The molecule has 2 aromatic rings. The Bertz CT molecular complexity index is 1090. The highest BCUT2D eigenvalue weighted by Gasteiger charge is 2.45. The highest BCUT2D eigenvalue weighted by molar-refractivity contribution is 7.46. The van der Waals surface area contributed by atoms with Gasteiger partial charge in [0.25, 0.3) is 0 Å². The van der Waals surface area contributed by atoms with Crippen molar-refractivity contribution in [2.75, 3.05) is 51.6 Å². The van der Waals surface area contributed by atoms with Crippen LogP contribution in [0.15, 0.2) is 12.7 Å². The summed E-state index contributed by atoms with van der Waals surface area (Å²) in [5.41, 5.74) is 6.25. The van der Waals surface area contributed by atoms with Crippen molar-refractivity contribution in [2.24, 2.45) is 0 Å². The van der Waals surface area contributed by atoms with E-state index in [1.165, 1.54) is 134 Å². The SMILES string of the molecule is CCCCN(CCCC)CCCC.CCCCN(CCCC)CCCC.Nc1ncnc2c1ncn2[C@@H]1O[C@H](COP(=O)(O)O)[C@@H](O)[C@H]1O. The molecule has 0 bridgehead atoms. The first-order chi connectivity index (χ1) is 23.5. The van der Waals surface area contributed by atoms with E-state index in [2.05, 4.69) is 70.8 Å². The first kappa shape index (κ1) is 45.3. The van der Waals surface area contributed by atoms with Crippen LogP contribution in [0.3, 0.4) is 0 Å². The number of fused-ring (bicyclic) bond motifs is 1. The van der Waals surface area contributed by atoms with Crippen LogP contribution in [0.2, 0.25) is 0 Å². The fraction of sp³-hybridized carbons (Fsp3) is 0.853. The summed E-state index contributed by atoms with van der Waals surface area (Å²) >= 11 is 0. The molecule has 1 aliphatic heterocycles. The average molecular weight is 718 g/mol. The van der Waals surface area contributed by atoms with Crippen molar-refractivity contribution in [1.82, 2.24) is 29.3 Å². The van der Waals surface area contributed by atoms with E-state index in [0.29, 0.717) is 5.52 Å². The molecule has 0 amide bonds. The van der Waals surface area contributed by atoms with E-state index in [9.17, 15) is 14.8 Å². The summed E-state index contributed by atoms with van der Waals surface area (Å²) < 4.78 is 21.8. The molecule has 6 N–H and O–H groups in total. The summed E-state index contributed by atoms with van der Waals surface area (Å²) in [5, 5.41) is 20.1. The van der Waals surface area contributed by atoms with Gasteiger partial charge in [-0.05, 0) is 77.8 Å². The van der Waals surface area contributed by atoms with Crippen LogP contribution < -0.4 is 5.73 Å². The van der Waals surface area contributed by atoms with E-state index in [0.717, 1.165) is 0 Å². The molecule has 0 saturated carbocycles. The van der Waals surface area contributed by atoms with Crippen LogP contribution >= 0.6 is 7.82 Å². The summed E-state index contributed by atoms with van der Waals surface area (Å²) in [4.78, 5) is 34.5. The Hall–Kier alpha value is -1.74. The number of nitrogens with zero attached hydrogens (tertiary/aromatic N) is 6. The molecule has 0 aromatic carbocycles. The van der Waals surface area contributed by atoms with Gasteiger partial charge in [-0.15, -0.1) is 0 Å². The van der Waals surface area contributed by atoms with Crippen LogP contribution in [-0.4, -0.2) is 114 Å². The summed E-state index contributed by atoms with van der Waals surface area (Å²) in [6.45, 7) is 21.0. The predicted octanol–water partition coefficient (Wildman–Crippen LogP) is 5.51. The number of aliphatic hydroxyl groups is 2. The van der Waals surface area contributed by atoms with Gasteiger partial charge in [0.1, 0.15) is 30.2 Å². The van der Waals surface area contributed by atoms with Crippen molar-refractivity contribution < 1.29 is 33.8 Å². The number of nitrogens with two attached hydrogens (primary N) is 1. The lowest BCUT2D eigenvalue weighted by atomic mass is 10.1. The molecule has 0 unspecified atom stereocenters. The normalized spacial score (nSPS) is 19.3. The van der Waals surface area contributed by atoms with Crippen LogP contribution in [0.5, 0.6) is 0 Å². The van der Waals surface area contributed by atoms with E-state index in [1.807, 2.05) is 0 Å². The molecular weight excluding hydrogens is 649 g/mol. The number of anilines is 1. The number of nitrogen functional groups attached to an aromatic ring is 1. The molecule has 3 rings (SSSR count). The molecule has 1 aliphatic rings. The average Bonchev–Trinajstić information content (AvgIpc) is 3.64. The summed E-state index contributed by atoms with van der Waals surface area (Å²) in [7, 11) is -4.72. The lowest BCUT2D eigenvalue weighted by Gasteiger charge is -2.21. The van der Waals surface area contributed by atoms with Gasteiger partial charge in [0.05, 0.1) is 12.9 Å². The third-order valence-electron chi connectivity index (χ3n) is 8.37. The number of hydrogen-bond donors (Lipinski definition) is 5. The van der Waals surface area contributed by atoms with Crippen LogP contribution in [0.25, 0.3) is 11.2 Å². The van der Waals surface area contributed by atoms with Crippen LogP contribution in [0, 0.1) is 0 Å². The smallest absolute Gasteiger partial charge is 0.387 e. The number of phosphoric ester groups is 1. The van der Waals surface area contributed by atoms with Crippen molar-refractivity contribution in [3.8, 4) is 0 Å². The van der Waals surface area contributed by atoms with E-state index in [-0.39, 0.29) is 11.5 Å². The molecule has 3 heterocycles. The van der Waals surface area contributed by atoms with Gasteiger partial charge in [0, 0.05) is 0 Å². The van der Waals surface area contributed by atoms with Gasteiger partial charge in [0.15, 0.2) is 17.7 Å². The Morgan fingerprint density at radius 3 is 1.57 bits per heavy atom. The lowest BCUT2D eigenvalue weighted by Crippen LogP contribution is -2.33. The number of rotatable bonds is 22. The second-order valence-electron chi connectivity index (χ2n) is 12.7. The number of aromatic nitrogens is 4. The van der Waals surface area contributed by atoms with E-state index in [4.69, 9.17) is 20.3 Å². The van der Waals surface area contributed by atoms with Crippen molar-refractivity contribution >= 4 is 24.8 Å². The van der Waals surface area contributed by atoms with Crippen molar-refractivity contribution in [3.63, 3.8) is 0 Å². The fourth-order valence-electron chi connectivity index (χ4n) is 5.28. The zero-order valence-corrected chi connectivity index (χ0v) is 32.0. The molecule has 15 heteroatoms. The first-order valence-corrected chi connectivity index (χ1v) is 20.1. The van der Waals surface area contributed by atoms with Gasteiger partial charge in [-0.2, -0.15) is 0 Å². The number of hydrogen-bond acceptors (Lipinski definition) is 11. The largest absolute Gasteiger partial charge is 0.469 e. The minimum Gasteiger partial charge on any atom is -0.387 e. The second kappa shape index (κ2) is 26.1. The molecule has 0 radical (unpaired) electrons. The van der Waals surface area contributed by atoms with Gasteiger partial charge in [0.2, 0.25) is 0 Å². The molecular formula is C34H68N7O7P. The van der Waals surface area contributed by atoms with Gasteiger partial charge in [-0.25, -0.2) is 19.5 Å². The quantitative estimate of drug-likeness (QED) is 0.0958. The summed E-state index contributed by atoms with van der Waals surface area (Å²) in [6.07, 6.45) is 13.7. The van der Waals surface area contributed by atoms with Crippen molar-refractivity contribution in [2.45, 2.75) is 143 Å². The van der Waals surface area contributed by atoms with E-state index in [1.54, 1.807) is 0 Å². The maximum atomic E-state index is 10.7. The first-order valence-electron chi connectivity index (χ1n) is 18.6. The molecule has 14 nitrogen and oxygen atoms in total. The van der Waals surface area contributed by atoms with Gasteiger partial charge < -0.3 is 40.3 Å². The molecule has 1 fully saturated rings. The molecule has 4 atom stereocenters. The highest BCUT2D eigenvalue weighted by Crippen LogP contribution is 2.38. The summed E-state index contributed by atoms with van der Waals surface area (Å²) in [6, 6.07) is 0. The third-order valence-corrected chi connectivity index (χ3v) is 8.86. The third kappa shape index (κ3) is 17.8. The molecule has 286 valence electrons. The Labute approximate surface area is 295 Å². The Morgan fingerprint density at radius 1 is 0.755 bits per heavy atom. The van der Waals surface area contributed by atoms with Crippen LogP contribution in [0.4, 0.5) is 5.82 Å². The maximum Gasteiger partial charge on any atom is 0.469 e. The van der Waals surface area contributed by atoms with Crippen molar-refractivity contribution in [3.05, 3.63) is 12.7 Å². The van der Waals surface area contributed by atoms with Gasteiger partial charge >= 0.3 is 7.82 Å². The number of phosphoric acid groups is 1. The molecule has 2 aromatic heterocycles. The van der Waals surface area contributed by atoms with Crippen LogP contribution in [0.1, 0.15) is 125 Å². The van der Waals surface area contributed by atoms with E-state index < -0.39 is 39.0 Å². The van der Waals surface area contributed by atoms with Crippen LogP contribution in [-0.2, 0) is 13.8 Å². The summed E-state index contributed by atoms with van der Waals surface area (Å²) in [5.74, 6) is 0.142. The Balaban J connectivity index is 0.000000399. The molecule has 0 spiro atoms. The highest BCUT2D eigenvalue weighted by atomic mass is 31.2. The number of ether oxygens (including phenoxy) is 1. The minimum absolute atomic E-state index is 0.142. The van der Waals surface area contributed by atoms with E-state index >= 15 is 0 Å². The Kier molecular flexibility index (Phi) is 24.1. The standard InChI is InChI=1S/2C12H27N.C10H14N5O7P/c2*1-4-7-10-13(11-8-5-2)12-9-6-3;11-8-5-9(13-2-12-8)15(3-14-5)10-7(17)6(16)4(22-10)1-21-23(18,19)20/h2*4-12H2,1-3H3;2-4,6-7,10,16-17H,1H2,(H2,11,12,13)(H2,18,19,20)/t;;4-,6-,7-,10-/m..1/s1. The molecule has 1 saturated heterocycles. The number of aliphatic hydroxyl groups excluding tert-OH is 2. The van der Waals surface area contributed by atoms with Gasteiger partial charge in [-0.3, -0.25) is 9.09 Å². The number of imidazole rings is 1. The zero-order valence-electron chi connectivity index (χ0n) is 31.1. The Morgan fingerprint density at radius 2 is 1.18 bits per heavy atom. The number of unbranched alkanes of at least 4 members (excludes halogenated alkanes) is 6. The molecule has 49 heavy (non-hydrogen) atoms. The zero-order chi connectivity index (χ0) is 36.7. The fourth-order valence-corrected chi connectivity index (χ4v) is 5.63. The monoisotopic (exact) mass is 717 g/mol. The lowest BCUT2D eigenvalue weighted by molar-refractivity contribution is -0.0504.